The fraction of sp³-hybridized carbons (Fsp3) is 0.900. The van der Waals surface area contributed by atoms with Gasteiger partial charge in [0, 0.05) is 6.54 Å². The normalized spacial score (nSPS) is 32.4. The lowest BCUT2D eigenvalue weighted by atomic mass is 10.2. The molecule has 3 atom stereocenters. The molecule has 0 aliphatic carbocycles. The summed E-state index contributed by atoms with van der Waals surface area (Å²) in [5, 5.41) is 8.59. The quantitative estimate of drug-likeness (QED) is 0.520. The van der Waals surface area contributed by atoms with Crippen molar-refractivity contribution in [1.29, 1.82) is 0 Å². The Bertz CT molecular complexity index is 197. The van der Waals surface area contributed by atoms with Crippen LogP contribution in [0.15, 0.2) is 0 Å². The van der Waals surface area contributed by atoms with Gasteiger partial charge in [0.25, 0.3) is 6.47 Å². The SMILES string of the molecule is CC(C)(C)OC=O.OCC1C2OCCN12. The van der Waals surface area contributed by atoms with Gasteiger partial charge in [-0.3, -0.25) is 9.69 Å². The summed E-state index contributed by atoms with van der Waals surface area (Å²) in [7, 11) is 0. The molecule has 2 rings (SSSR count). The van der Waals surface area contributed by atoms with E-state index >= 15 is 0 Å². The van der Waals surface area contributed by atoms with E-state index in [-0.39, 0.29) is 18.4 Å². The monoisotopic (exact) mass is 217 g/mol. The molecule has 0 radical (unpaired) electrons. The van der Waals surface area contributed by atoms with Crippen LogP contribution < -0.4 is 0 Å². The molecular weight excluding hydrogens is 198 g/mol. The topological polar surface area (TPSA) is 58.8 Å². The Morgan fingerprint density at radius 1 is 1.60 bits per heavy atom. The maximum Gasteiger partial charge on any atom is 0.293 e. The molecule has 0 bridgehead atoms. The van der Waals surface area contributed by atoms with Crippen molar-refractivity contribution in [2.24, 2.45) is 0 Å². The van der Waals surface area contributed by atoms with Gasteiger partial charge in [-0.05, 0) is 20.8 Å². The van der Waals surface area contributed by atoms with Crippen molar-refractivity contribution >= 4 is 6.47 Å². The first-order chi connectivity index (χ1) is 6.99. The maximum atomic E-state index is 9.60. The molecule has 2 heterocycles. The maximum absolute atomic E-state index is 9.60. The summed E-state index contributed by atoms with van der Waals surface area (Å²) >= 11 is 0. The highest BCUT2D eigenvalue weighted by Gasteiger charge is 2.51. The highest BCUT2D eigenvalue weighted by atomic mass is 16.5. The summed E-state index contributed by atoms with van der Waals surface area (Å²) < 4.78 is 9.74. The first-order valence-corrected chi connectivity index (χ1v) is 5.09. The number of nitrogens with zero attached hydrogens (tertiary/aromatic N) is 1. The van der Waals surface area contributed by atoms with E-state index in [0.29, 0.717) is 12.5 Å². The van der Waals surface area contributed by atoms with Gasteiger partial charge in [-0.1, -0.05) is 0 Å². The standard InChI is InChI=1S/C5H9NO2.C5H10O2/c7-3-4-5-6(4)1-2-8-5;1-5(2,3)7-4-6/h4-5,7H,1-3H2;4H,1-3H3. The number of hydrogen-bond acceptors (Lipinski definition) is 5. The van der Waals surface area contributed by atoms with Gasteiger partial charge in [0.2, 0.25) is 0 Å². The van der Waals surface area contributed by atoms with Gasteiger partial charge in [-0.25, -0.2) is 0 Å². The van der Waals surface area contributed by atoms with E-state index in [4.69, 9.17) is 9.84 Å². The number of rotatable bonds is 2. The fourth-order valence-corrected chi connectivity index (χ4v) is 1.42. The minimum Gasteiger partial charge on any atom is -0.462 e. The van der Waals surface area contributed by atoms with Crippen molar-refractivity contribution in [3.8, 4) is 0 Å². The highest BCUT2D eigenvalue weighted by Crippen LogP contribution is 2.32. The molecular formula is C10H19NO4. The minimum atomic E-state index is -0.318. The van der Waals surface area contributed by atoms with Gasteiger partial charge >= 0.3 is 0 Å². The smallest absolute Gasteiger partial charge is 0.293 e. The summed E-state index contributed by atoms with van der Waals surface area (Å²) in [6, 6.07) is 0.337. The van der Waals surface area contributed by atoms with E-state index in [0.717, 1.165) is 13.2 Å². The summed E-state index contributed by atoms with van der Waals surface area (Å²) in [6.07, 6.45) is 0.278. The molecule has 0 aromatic rings. The number of carbonyl (C=O) groups excluding carboxylic acids is 1. The van der Waals surface area contributed by atoms with Crippen LogP contribution in [-0.2, 0) is 14.3 Å². The van der Waals surface area contributed by atoms with Crippen LogP contribution in [0.5, 0.6) is 0 Å². The largest absolute Gasteiger partial charge is 0.462 e. The third kappa shape index (κ3) is 3.77. The Kier molecular flexibility index (Phi) is 4.07. The predicted octanol–water partition coefficient (Wildman–Crippen LogP) is -0.0229. The van der Waals surface area contributed by atoms with Crippen molar-refractivity contribution < 1.29 is 19.4 Å². The number of aliphatic hydroxyl groups excluding tert-OH is 1. The molecule has 2 saturated heterocycles. The molecule has 3 unspecified atom stereocenters. The van der Waals surface area contributed by atoms with Crippen LogP contribution in [0.4, 0.5) is 0 Å². The first kappa shape index (κ1) is 12.4. The zero-order chi connectivity index (χ0) is 11.5. The molecule has 15 heavy (non-hydrogen) atoms. The highest BCUT2D eigenvalue weighted by molar-refractivity contribution is 5.37. The van der Waals surface area contributed by atoms with Crippen LogP contribution in [0.2, 0.25) is 0 Å². The minimum absolute atomic E-state index is 0.255. The number of morpholine rings is 1. The average molecular weight is 217 g/mol. The van der Waals surface area contributed by atoms with Crippen LogP contribution in [0.3, 0.4) is 0 Å². The molecule has 0 spiro atoms. The second-order valence-electron chi connectivity index (χ2n) is 4.58. The number of hydrogen-bond donors (Lipinski definition) is 1. The van der Waals surface area contributed by atoms with Gasteiger partial charge < -0.3 is 14.6 Å². The van der Waals surface area contributed by atoms with Gasteiger partial charge in [0.1, 0.15) is 11.8 Å². The Hall–Kier alpha value is -0.650. The molecule has 1 N–H and O–H groups in total. The molecule has 0 aromatic heterocycles. The molecule has 0 saturated carbocycles. The molecule has 2 aliphatic rings. The van der Waals surface area contributed by atoms with Gasteiger partial charge in [-0.15, -0.1) is 0 Å². The summed E-state index contributed by atoms with van der Waals surface area (Å²) in [5.41, 5.74) is -0.318. The predicted molar refractivity (Wildman–Crippen MR) is 54.2 cm³/mol. The lowest BCUT2D eigenvalue weighted by Gasteiger charge is -2.14. The van der Waals surface area contributed by atoms with Crippen LogP contribution in [0, 0.1) is 0 Å². The van der Waals surface area contributed by atoms with Gasteiger partial charge in [0.15, 0.2) is 0 Å². The van der Waals surface area contributed by atoms with Crippen molar-refractivity contribution in [1.82, 2.24) is 4.90 Å². The van der Waals surface area contributed by atoms with Crippen molar-refractivity contribution in [2.75, 3.05) is 19.8 Å². The van der Waals surface area contributed by atoms with E-state index in [9.17, 15) is 4.79 Å². The second kappa shape index (κ2) is 4.92. The molecule has 5 nitrogen and oxygen atoms in total. The number of aliphatic hydroxyl groups is 1. The molecule has 5 heteroatoms. The van der Waals surface area contributed by atoms with Crippen molar-refractivity contribution in [3.05, 3.63) is 0 Å². The number of ether oxygens (including phenoxy) is 2. The Balaban J connectivity index is 0.000000153. The fourth-order valence-electron chi connectivity index (χ4n) is 1.42. The van der Waals surface area contributed by atoms with Gasteiger partial charge in [-0.2, -0.15) is 0 Å². The van der Waals surface area contributed by atoms with Crippen molar-refractivity contribution in [2.45, 2.75) is 38.6 Å². The Labute approximate surface area is 90.0 Å². The van der Waals surface area contributed by atoms with Crippen LogP contribution in [0.25, 0.3) is 0 Å². The second-order valence-corrected chi connectivity index (χ2v) is 4.58. The molecule has 88 valence electrons. The summed E-state index contributed by atoms with van der Waals surface area (Å²) in [5.74, 6) is 0. The van der Waals surface area contributed by atoms with Crippen LogP contribution >= 0.6 is 0 Å². The lowest BCUT2D eigenvalue weighted by Crippen LogP contribution is -2.17. The molecule has 0 amide bonds. The first-order valence-electron chi connectivity index (χ1n) is 5.09. The van der Waals surface area contributed by atoms with Crippen molar-refractivity contribution in [3.63, 3.8) is 0 Å². The zero-order valence-electron chi connectivity index (χ0n) is 9.47. The zero-order valence-corrected chi connectivity index (χ0v) is 9.47. The summed E-state index contributed by atoms with van der Waals surface area (Å²) in [6.45, 7) is 8.03. The Morgan fingerprint density at radius 2 is 2.27 bits per heavy atom. The third-order valence-corrected chi connectivity index (χ3v) is 2.22. The van der Waals surface area contributed by atoms with E-state index < -0.39 is 0 Å². The summed E-state index contributed by atoms with van der Waals surface area (Å²) in [4.78, 5) is 11.8. The molecule has 2 fully saturated rings. The van der Waals surface area contributed by atoms with E-state index in [1.807, 2.05) is 20.8 Å². The average Bonchev–Trinajstić information content (AvgIpc) is 2.55. The number of fused-ring (bicyclic) bond motifs is 1. The molecule has 2 aliphatic heterocycles. The van der Waals surface area contributed by atoms with Crippen LogP contribution in [0.1, 0.15) is 20.8 Å². The van der Waals surface area contributed by atoms with E-state index in [2.05, 4.69) is 9.64 Å². The molecule has 0 aromatic carbocycles. The van der Waals surface area contributed by atoms with Crippen LogP contribution in [-0.4, -0.2) is 54.1 Å². The van der Waals surface area contributed by atoms with E-state index in [1.165, 1.54) is 0 Å². The van der Waals surface area contributed by atoms with Gasteiger partial charge in [0.05, 0.1) is 19.3 Å². The third-order valence-electron chi connectivity index (χ3n) is 2.22. The Morgan fingerprint density at radius 3 is 2.47 bits per heavy atom. The number of carbonyl (C=O) groups is 1. The lowest BCUT2D eigenvalue weighted by molar-refractivity contribution is -0.138. The van der Waals surface area contributed by atoms with E-state index in [1.54, 1.807) is 0 Å².